The van der Waals surface area contributed by atoms with Gasteiger partial charge in [0.05, 0.1) is 5.56 Å². The van der Waals surface area contributed by atoms with Gasteiger partial charge < -0.3 is 0 Å². The highest BCUT2D eigenvalue weighted by Crippen LogP contribution is 2.52. The van der Waals surface area contributed by atoms with E-state index in [2.05, 4.69) is 0 Å². The lowest BCUT2D eigenvalue weighted by molar-refractivity contribution is -0.745. The van der Waals surface area contributed by atoms with Crippen LogP contribution in [-0.4, -0.2) is 4.68 Å². The number of benzene rings is 2. The van der Waals surface area contributed by atoms with Crippen LogP contribution >= 0.6 is 0 Å². The van der Waals surface area contributed by atoms with Crippen molar-refractivity contribution in [1.82, 2.24) is 4.68 Å². The molecule has 2 nitrogen and oxygen atoms in total. The molecule has 2 heterocycles. The van der Waals surface area contributed by atoms with E-state index < -0.39 is 24.5 Å². The second-order valence-corrected chi connectivity index (χ2v) is 8.39. The lowest BCUT2D eigenvalue weighted by Gasteiger charge is -2.46. The monoisotopic (exact) mass is 365 g/mol. The van der Waals surface area contributed by atoms with E-state index in [4.69, 9.17) is 8.22 Å². The first-order valence-electron chi connectivity index (χ1n) is 12.4. The Morgan fingerprint density at radius 1 is 0.889 bits per heavy atom. The molecule has 0 unspecified atom stereocenters. The highest BCUT2D eigenvalue weighted by molar-refractivity contribution is 5.75. The van der Waals surface area contributed by atoms with Gasteiger partial charge in [-0.05, 0) is 48.6 Å². The molecule has 0 atom stereocenters. The summed E-state index contributed by atoms with van der Waals surface area (Å²) in [6, 6.07) is 11.6. The number of aryl methyl sites for hydroxylation is 4. The minimum Gasteiger partial charge on any atom is -0.124 e. The number of fused-ring (bicyclic) bond motifs is 3. The predicted molar refractivity (Wildman–Crippen MR) is 113 cm³/mol. The fourth-order valence-electron chi connectivity index (χ4n) is 4.57. The van der Waals surface area contributed by atoms with Crippen LogP contribution < -0.4 is 4.68 Å². The van der Waals surface area contributed by atoms with Crippen LogP contribution in [0.3, 0.4) is 0 Å². The van der Waals surface area contributed by atoms with Crippen LogP contribution in [0.1, 0.15) is 63.7 Å². The SMILES string of the molecule is [2H]C([2H])([2H])C1(C([2H])([2H])[2H])c2c(-c3c(C)cccc3C)c[n+](C)n2-c2c(C)cccc2C1(C)C. The molecule has 1 aliphatic rings. The van der Waals surface area contributed by atoms with Gasteiger partial charge in [-0.15, -0.1) is 9.36 Å². The topological polar surface area (TPSA) is 8.81 Å². The Kier molecular flexibility index (Phi) is 2.51. The fourth-order valence-corrected chi connectivity index (χ4v) is 4.57. The van der Waals surface area contributed by atoms with Crippen molar-refractivity contribution in [2.75, 3.05) is 0 Å². The van der Waals surface area contributed by atoms with Crippen molar-refractivity contribution in [3.63, 3.8) is 0 Å². The molecule has 0 aliphatic carbocycles. The van der Waals surface area contributed by atoms with Crippen molar-refractivity contribution in [2.24, 2.45) is 7.05 Å². The van der Waals surface area contributed by atoms with Crippen LogP contribution in [0.15, 0.2) is 42.6 Å². The molecule has 2 heteroatoms. The number of aromatic nitrogens is 2. The molecule has 1 aromatic heterocycles. The van der Waals surface area contributed by atoms with E-state index in [-0.39, 0.29) is 0 Å². The third kappa shape index (κ3) is 2.22. The molecule has 0 saturated heterocycles. The number of para-hydroxylation sites is 1. The molecule has 0 amide bonds. The van der Waals surface area contributed by atoms with E-state index in [1.807, 2.05) is 79.8 Å². The van der Waals surface area contributed by atoms with E-state index in [0.29, 0.717) is 11.3 Å². The van der Waals surface area contributed by atoms with Crippen LogP contribution in [0.5, 0.6) is 0 Å². The van der Waals surface area contributed by atoms with Crippen LogP contribution in [0, 0.1) is 20.8 Å². The Morgan fingerprint density at radius 3 is 2.11 bits per heavy atom. The van der Waals surface area contributed by atoms with Crippen molar-refractivity contribution in [2.45, 2.75) is 59.2 Å². The average molecular weight is 366 g/mol. The van der Waals surface area contributed by atoms with Gasteiger partial charge in [0.2, 0.25) is 6.20 Å². The molecular formula is C25H31N2+. The van der Waals surface area contributed by atoms with Crippen molar-refractivity contribution in [3.8, 4) is 16.8 Å². The van der Waals surface area contributed by atoms with Crippen LogP contribution in [0.4, 0.5) is 0 Å². The Morgan fingerprint density at radius 2 is 1.48 bits per heavy atom. The molecule has 140 valence electrons. The average Bonchev–Trinajstić information content (AvgIpc) is 2.96. The third-order valence-corrected chi connectivity index (χ3v) is 6.26. The Balaban J connectivity index is 2.35. The predicted octanol–water partition coefficient (Wildman–Crippen LogP) is 5.46. The van der Waals surface area contributed by atoms with Gasteiger partial charge in [-0.2, -0.15) is 0 Å². The Bertz CT molecular complexity index is 1230. The Hall–Kier alpha value is -2.35. The van der Waals surface area contributed by atoms with Gasteiger partial charge in [0, 0.05) is 19.1 Å². The van der Waals surface area contributed by atoms with Gasteiger partial charge in [0.25, 0.3) is 0 Å². The van der Waals surface area contributed by atoms with Gasteiger partial charge in [0.1, 0.15) is 11.4 Å². The zero-order chi connectivity index (χ0) is 24.7. The molecule has 4 rings (SSSR count). The zero-order valence-electron chi connectivity index (χ0n) is 22.9. The van der Waals surface area contributed by atoms with Gasteiger partial charge in [0.15, 0.2) is 7.05 Å². The minimum atomic E-state index is -2.81. The molecule has 0 saturated carbocycles. The summed E-state index contributed by atoms with van der Waals surface area (Å²) in [7, 11) is 1.85. The van der Waals surface area contributed by atoms with Crippen molar-refractivity contribution < 1.29 is 12.9 Å². The third-order valence-electron chi connectivity index (χ3n) is 6.26. The highest BCUT2D eigenvalue weighted by Gasteiger charge is 2.51. The lowest BCUT2D eigenvalue weighted by atomic mass is 9.59. The first-order valence-corrected chi connectivity index (χ1v) is 9.38. The molecule has 0 spiro atoms. The number of hydrogen-bond donors (Lipinski definition) is 0. The summed E-state index contributed by atoms with van der Waals surface area (Å²) < 4.78 is 56.1. The lowest BCUT2D eigenvalue weighted by Crippen LogP contribution is -2.51. The molecule has 27 heavy (non-hydrogen) atoms. The van der Waals surface area contributed by atoms with Crippen molar-refractivity contribution >= 4 is 0 Å². The minimum absolute atomic E-state index is 0.328. The number of nitrogens with zero attached hydrogens (tertiary/aromatic N) is 2. The maximum absolute atomic E-state index is 8.74. The van der Waals surface area contributed by atoms with Gasteiger partial charge in [-0.25, -0.2) is 0 Å². The second-order valence-electron chi connectivity index (χ2n) is 8.39. The largest absolute Gasteiger partial charge is 0.203 e. The van der Waals surface area contributed by atoms with Crippen molar-refractivity contribution in [3.05, 3.63) is 70.5 Å². The molecule has 0 N–H and O–H groups in total. The molecule has 0 fully saturated rings. The summed E-state index contributed by atoms with van der Waals surface area (Å²) in [6.07, 6.45) is 1.88. The van der Waals surface area contributed by atoms with Gasteiger partial charge >= 0.3 is 0 Å². The Labute approximate surface area is 171 Å². The molecule has 3 aromatic rings. The summed E-state index contributed by atoms with van der Waals surface area (Å²) in [5.74, 6) is 0. The zero-order valence-corrected chi connectivity index (χ0v) is 16.9. The van der Waals surface area contributed by atoms with Gasteiger partial charge in [-0.1, -0.05) is 63.9 Å². The van der Waals surface area contributed by atoms with Crippen LogP contribution in [-0.2, 0) is 17.9 Å². The van der Waals surface area contributed by atoms with E-state index in [0.717, 1.165) is 33.5 Å². The normalized spacial score (nSPS) is 21.0. The second kappa shape index (κ2) is 5.58. The smallest absolute Gasteiger partial charge is 0.124 e. The quantitative estimate of drug-likeness (QED) is 0.506. The summed E-state index contributed by atoms with van der Waals surface area (Å²) >= 11 is 0. The summed E-state index contributed by atoms with van der Waals surface area (Å²) in [5.41, 5.74) is 3.00. The standard InChI is InChI=1S/C25H31N2/c1-16-11-9-12-17(2)21(16)19-15-26(8)27-22-18(3)13-10-14-20(22)24(4,5)25(6,7)23(19)27/h9-15H,1-8H3/q+1/i6D3,7D3. The number of hydrogen-bond acceptors (Lipinski definition) is 0. The van der Waals surface area contributed by atoms with Crippen molar-refractivity contribution in [1.29, 1.82) is 0 Å². The maximum Gasteiger partial charge on any atom is 0.203 e. The van der Waals surface area contributed by atoms with E-state index in [1.165, 1.54) is 0 Å². The maximum atomic E-state index is 8.74. The van der Waals surface area contributed by atoms with E-state index in [1.54, 1.807) is 13.8 Å². The van der Waals surface area contributed by atoms with Gasteiger partial charge in [-0.3, -0.25) is 0 Å². The summed E-state index contributed by atoms with van der Waals surface area (Å²) in [6.45, 7) is 3.87. The fraction of sp³-hybridized carbons (Fsp3) is 0.400. The van der Waals surface area contributed by atoms with E-state index in [9.17, 15) is 0 Å². The summed E-state index contributed by atoms with van der Waals surface area (Å²) in [4.78, 5) is 0. The van der Waals surface area contributed by atoms with Crippen LogP contribution in [0.2, 0.25) is 0 Å². The molecule has 2 aromatic carbocycles. The van der Waals surface area contributed by atoms with Crippen LogP contribution in [0.25, 0.3) is 16.8 Å². The first kappa shape index (κ1) is 12.2. The highest BCUT2D eigenvalue weighted by atomic mass is 15.4. The molecular weight excluding hydrogens is 328 g/mol. The van der Waals surface area contributed by atoms with E-state index >= 15 is 0 Å². The molecule has 0 bridgehead atoms. The molecule has 0 radical (unpaired) electrons. The molecule has 1 aliphatic heterocycles. The number of rotatable bonds is 1. The first-order chi connectivity index (χ1) is 15.1. The summed E-state index contributed by atoms with van der Waals surface area (Å²) in [5, 5.41) is 0.